The monoisotopic (exact) mass is 315 g/mol. The first kappa shape index (κ1) is 15.6. The molecule has 1 heterocycles. The first-order chi connectivity index (χ1) is 9.90. The highest BCUT2D eigenvalue weighted by molar-refractivity contribution is 7.89. The van der Waals surface area contributed by atoms with Crippen LogP contribution in [0.25, 0.3) is 0 Å². The lowest BCUT2D eigenvalue weighted by Gasteiger charge is -2.07. The number of sulfonamides is 1. The molecule has 2 rings (SSSR count). The minimum atomic E-state index is -3.97. The topological polar surface area (TPSA) is 74.8 Å². The van der Waals surface area contributed by atoms with Gasteiger partial charge in [-0.25, -0.2) is 21.9 Å². The standard InChI is InChI=1S/C13H15F2N3O2S/c1-9-10(8-16-18-9)3-2-6-17-21(19,20)13-5-4-11(14)7-12(13)15/h4-5,7-8,17H,2-3,6H2,1H3,(H,16,18). The normalized spacial score (nSPS) is 11.8. The number of hydrogen-bond donors (Lipinski definition) is 2. The van der Waals surface area contributed by atoms with Crippen molar-refractivity contribution in [1.29, 1.82) is 0 Å². The number of nitrogens with zero attached hydrogens (tertiary/aromatic N) is 1. The van der Waals surface area contributed by atoms with Crippen LogP contribution in [0.1, 0.15) is 17.7 Å². The van der Waals surface area contributed by atoms with Crippen molar-refractivity contribution in [2.24, 2.45) is 0 Å². The van der Waals surface area contributed by atoms with E-state index in [4.69, 9.17) is 0 Å². The first-order valence-corrected chi connectivity index (χ1v) is 7.82. The van der Waals surface area contributed by atoms with Gasteiger partial charge in [0.25, 0.3) is 0 Å². The molecule has 8 heteroatoms. The SMILES string of the molecule is Cc1[nH]ncc1CCCNS(=O)(=O)c1ccc(F)cc1F. The Kier molecular flexibility index (Phi) is 4.69. The van der Waals surface area contributed by atoms with E-state index in [2.05, 4.69) is 14.9 Å². The number of hydrogen-bond acceptors (Lipinski definition) is 3. The van der Waals surface area contributed by atoms with Gasteiger partial charge in [0.15, 0.2) is 0 Å². The third kappa shape index (κ3) is 3.85. The predicted molar refractivity (Wildman–Crippen MR) is 73.2 cm³/mol. The number of H-pyrrole nitrogens is 1. The summed E-state index contributed by atoms with van der Waals surface area (Å²) in [4.78, 5) is -0.552. The summed E-state index contributed by atoms with van der Waals surface area (Å²) in [7, 11) is -3.97. The van der Waals surface area contributed by atoms with Crippen LogP contribution in [0.5, 0.6) is 0 Å². The second kappa shape index (κ2) is 6.31. The zero-order valence-corrected chi connectivity index (χ0v) is 12.2. The third-order valence-electron chi connectivity index (χ3n) is 3.03. The van der Waals surface area contributed by atoms with Crippen molar-refractivity contribution < 1.29 is 17.2 Å². The smallest absolute Gasteiger partial charge is 0.243 e. The van der Waals surface area contributed by atoms with Crippen molar-refractivity contribution in [1.82, 2.24) is 14.9 Å². The summed E-state index contributed by atoms with van der Waals surface area (Å²) < 4.78 is 52.3. The summed E-state index contributed by atoms with van der Waals surface area (Å²) in [6.45, 7) is 2.03. The maximum absolute atomic E-state index is 13.5. The lowest BCUT2D eigenvalue weighted by molar-refractivity contribution is 0.542. The molecule has 114 valence electrons. The highest BCUT2D eigenvalue weighted by Gasteiger charge is 2.18. The van der Waals surface area contributed by atoms with Crippen molar-refractivity contribution in [3.05, 3.63) is 47.3 Å². The molecule has 2 N–H and O–H groups in total. The Morgan fingerprint density at radius 3 is 2.71 bits per heavy atom. The number of rotatable bonds is 6. The number of aryl methyl sites for hydroxylation is 2. The number of aromatic amines is 1. The average Bonchev–Trinajstić information content (AvgIpc) is 2.80. The van der Waals surface area contributed by atoms with Gasteiger partial charge in [0.1, 0.15) is 16.5 Å². The number of aromatic nitrogens is 2. The van der Waals surface area contributed by atoms with Crippen LogP contribution >= 0.6 is 0 Å². The van der Waals surface area contributed by atoms with E-state index in [1.54, 1.807) is 6.20 Å². The van der Waals surface area contributed by atoms with E-state index >= 15 is 0 Å². The molecule has 0 bridgehead atoms. The molecule has 21 heavy (non-hydrogen) atoms. The fourth-order valence-corrected chi connectivity index (χ4v) is 3.02. The van der Waals surface area contributed by atoms with E-state index < -0.39 is 26.6 Å². The molecular formula is C13H15F2N3O2S. The zero-order valence-electron chi connectivity index (χ0n) is 11.4. The van der Waals surface area contributed by atoms with Gasteiger partial charge < -0.3 is 0 Å². The Labute approximate surface area is 121 Å². The van der Waals surface area contributed by atoms with Crippen molar-refractivity contribution in [2.75, 3.05) is 6.54 Å². The van der Waals surface area contributed by atoms with Crippen LogP contribution < -0.4 is 4.72 Å². The summed E-state index contributed by atoms with van der Waals surface area (Å²) in [5, 5.41) is 6.66. The van der Waals surface area contributed by atoms with E-state index in [0.717, 1.165) is 23.4 Å². The second-order valence-electron chi connectivity index (χ2n) is 4.60. The van der Waals surface area contributed by atoms with Crippen LogP contribution in [0.3, 0.4) is 0 Å². The molecule has 1 aromatic carbocycles. The molecule has 0 aliphatic rings. The number of benzene rings is 1. The third-order valence-corrected chi connectivity index (χ3v) is 4.53. The minimum Gasteiger partial charge on any atom is -0.283 e. The van der Waals surface area contributed by atoms with Crippen molar-refractivity contribution in [2.45, 2.75) is 24.7 Å². The Morgan fingerprint density at radius 2 is 2.10 bits per heavy atom. The summed E-state index contributed by atoms with van der Waals surface area (Å²) in [6.07, 6.45) is 2.88. The zero-order chi connectivity index (χ0) is 15.5. The largest absolute Gasteiger partial charge is 0.283 e. The molecule has 0 saturated carbocycles. The molecule has 0 unspecified atom stereocenters. The minimum absolute atomic E-state index is 0.157. The van der Waals surface area contributed by atoms with Gasteiger partial charge in [-0.3, -0.25) is 5.10 Å². The molecule has 0 aliphatic carbocycles. The Morgan fingerprint density at radius 1 is 1.33 bits per heavy atom. The van der Waals surface area contributed by atoms with Gasteiger partial charge in [0, 0.05) is 18.3 Å². The molecule has 5 nitrogen and oxygen atoms in total. The van der Waals surface area contributed by atoms with E-state index in [1.165, 1.54) is 0 Å². The van der Waals surface area contributed by atoms with E-state index in [0.29, 0.717) is 18.9 Å². The summed E-state index contributed by atoms with van der Waals surface area (Å²) in [5.74, 6) is -1.92. The fourth-order valence-electron chi connectivity index (χ4n) is 1.88. The molecule has 0 aliphatic heterocycles. The van der Waals surface area contributed by atoms with Gasteiger partial charge in [0.2, 0.25) is 10.0 Å². The Hall–Kier alpha value is -1.80. The molecule has 1 aromatic heterocycles. The molecule has 0 amide bonds. The molecular weight excluding hydrogens is 300 g/mol. The summed E-state index contributed by atoms with van der Waals surface area (Å²) in [5.41, 5.74) is 1.93. The molecule has 0 spiro atoms. The second-order valence-corrected chi connectivity index (χ2v) is 6.33. The molecule has 2 aromatic rings. The number of nitrogens with one attached hydrogen (secondary N) is 2. The molecule has 0 atom stereocenters. The van der Waals surface area contributed by atoms with Gasteiger partial charge in [-0.2, -0.15) is 5.10 Å². The van der Waals surface area contributed by atoms with Crippen LogP contribution in [-0.4, -0.2) is 25.2 Å². The summed E-state index contributed by atoms with van der Waals surface area (Å²) in [6, 6.07) is 2.36. The first-order valence-electron chi connectivity index (χ1n) is 6.34. The van der Waals surface area contributed by atoms with Gasteiger partial charge in [-0.1, -0.05) is 0 Å². The van der Waals surface area contributed by atoms with Gasteiger partial charge >= 0.3 is 0 Å². The predicted octanol–water partition coefficient (Wildman–Crippen LogP) is 1.91. The average molecular weight is 315 g/mol. The Bertz CT molecular complexity index is 729. The van der Waals surface area contributed by atoms with Gasteiger partial charge in [0.05, 0.1) is 6.20 Å². The fraction of sp³-hybridized carbons (Fsp3) is 0.308. The van der Waals surface area contributed by atoms with E-state index in [1.807, 2.05) is 6.92 Å². The molecule has 0 saturated heterocycles. The highest BCUT2D eigenvalue weighted by atomic mass is 32.2. The van der Waals surface area contributed by atoms with E-state index in [9.17, 15) is 17.2 Å². The molecule has 0 fully saturated rings. The number of halogens is 2. The summed E-state index contributed by atoms with van der Waals surface area (Å²) >= 11 is 0. The van der Waals surface area contributed by atoms with E-state index in [-0.39, 0.29) is 6.54 Å². The maximum atomic E-state index is 13.5. The highest BCUT2D eigenvalue weighted by Crippen LogP contribution is 2.15. The van der Waals surface area contributed by atoms with Crippen LogP contribution in [0.4, 0.5) is 8.78 Å². The van der Waals surface area contributed by atoms with Crippen LogP contribution in [-0.2, 0) is 16.4 Å². The quantitative estimate of drug-likeness (QED) is 0.800. The van der Waals surface area contributed by atoms with Crippen molar-refractivity contribution >= 4 is 10.0 Å². The van der Waals surface area contributed by atoms with Gasteiger partial charge in [-0.05, 0) is 37.5 Å². The Balaban J connectivity index is 1.94. The van der Waals surface area contributed by atoms with Gasteiger partial charge in [-0.15, -0.1) is 0 Å². The van der Waals surface area contributed by atoms with Crippen LogP contribution in [0.2, 0.25) is 0 Å². The maximum Gasteiger partial charge on any atom is 0.243 e. The molecule has 0 radical (unpaired) electrons. The van der Waals surface area contributed by atoms with Crippen molar-refractivity contribution in [3.63, 3.8) is 0 Å². The van der Waals surface area contributed by atoms with Crippen LogP contribution in [0.15, 0.2) is 29.3 Å². The van der Waals surface area contributed by atoms with Crippen molar-refractivity contribution in [3.8, 4) is 0 Å². The van der Waals surface area contributed by atoms with Crippen LogP contribution in [0, 0.1) is 18.6 Å². The lowest BCUT2D eigenvalue weighted by atomic mass is 10.1. The lowest BCUT2D eigenvalue weighted by Crippen LogP contribution is -2.26.